The van der Waals surface area contributed by atoms with Gasteiger partial charge in [0.05, 0.1) is 11.8 Å². The van der Waals surface area contributed by atoms with Crippen molar-refractivity contribution in [3.05, 3.63) is 18.6 Å². The molecular formula is C14H21N5O. The molecule has 0 amide bonds. The molecule has 2 aromatic rings. The molecule has 0 unspecified atom stereocenters. The summed E-state index contributed by atoms with van der Waals surface area (Å²) in [5.41, 5.74) is 5.86. The van der Waals surface area contributed by atoms with Crippen molar-refractivity contribution in [2.75, 3.05) is 17.6 Å². The first kappa shape index (κ1) is 13.2. The molecular weight excluding hydrogens is 254 g/mol. The lowest BCUT2D eigenvalue weighted by molar-refractivity contribution is 0.00496. The second-order valence-electron chi connectivity index (χ2n) is 5.93. The Kier molecular flexibility index (Phi) is 3.25. The topological polar surface area (TPSA) is 88.5 Å². The predicted molar refractivity (Wildman–Crippen MR) is 78.5 cm³/mol. The monoisotopic (exact) mass is 275 g/mol. The third-order valence-electron chi connectivity index (χ3n) is 4.18. The van der Waals surface area contributed by atoms with Gasteiger partial charge in [-0.15, -0.1) is 0 Å². The van der Waals surface area contributed by atoms with Crippen molar-refractivity contribution in [2.24, 2.45) is 5.92 Å². The molecule has 6 heteroatoms. The van der Waals surface area contributed by atoms with Crippen molar-refractivity contribution in [1.82, 2.24) is 14.4 Å². The van der Waals surface area contributed by atoms with Crippen molar-refractivity contribution >= 4 is 17.3 Å². The molecule has 0 spiro atoms. The number of imidazole rings is 1. The van der Waals surface area contributed by atoms with Crippen LogP contribution >= 0.6 is 0 Å². The molecule has 1 aliphatic carbocycles. The van der Waals surface area contributed by atoms with Gasteiger partial charge in [0.15, 0.2) is 11.5 Å². The second-order valence-corrected chi connectivity index (χ2v) is 5.93. The second kappa shape index (κ2) is 4.94. The van der Waals surface area contributed by atoms with E-state index in [2.05, 4.69) is 22.2 Å². The average Bonchev–Trinajstić information content (AvgIpc) is 2.88. The number of nitrogens with one attached hydrogen (secondary N) is 1. The smallest absolute Gasteiger partial charge is 0.180 e. The van der Waals surface area contributed by atoms with Crippen LogP contribution in [-0.2, 0) is 0 Å². The van der Waals surface area contributed by atoms with Crippen LogP contribution in [0.5, 0.6) is 0 Å². The number of anilines is 2. The van der Waals surface area contributed by atoms with Crippen LogP contribution in [-0.4, -0.2) is 31.6 Å². The third-order valence-corrected chi connectivity index (χ3v) is 4.18. The molecule has 0 aliphatic heterocycles. The molecule has 108 valence electrons. The number of aromatic nitrogens is 3. The number of rotatable bonds is 3. The van der Waals surface area contributed by atoms with E-state index in [1.807, 2.05) is 10.6 Å². The maximum atomic E-state index is 10.6. The average molecular weight is 275 g/mol. The standard InChI is InChI=1S/C14H21N5O/c1-10-2-4-14(20,5-3-10)9-17-12-13-16-6-7-19(13)8-11(15)18-12/h6-8,10,20H,2-5,9,15H2,1H3,(H,17,18). The Labute approximate surface area is 118 Å². The maximum Gasteiger partial charge on any atom is 0.180 e. The lowest BCUT2D eigenvalue weighted by atomic mass is 9.79. The molecule has 1 saturated carbocycles. The van der Waals surface area contributed by atoms with Crippen LogP contribution in [0.3, 0.4) is 0 Å². The van der Waals surface area contributed by atoms with E-state index in [1.165, 1.54) is 0 Å². The van der Waals surface area contributed by atoms with Crippen LogP contribution in [0.25, 0.3) is 5.65 Å². The largest absolute Gasteiger partial charge is 0.388 e. The number of hydrogen-bond acceptors (Lipinski definition) is 5. The van der Waals surface area contributed by atoms with E-state index in [4.69, 9.17) is 5.73 Å². The van der Waals surface area contributed by atoms with Crippen molar-refractivity contribution < 1.29 is 5.11 Å². The number of nitrogen functional groups attached to an aromatic ring is 1. The highest BCUT2D eigenvalue weighted by Crippen LogP contribution is 2.32. The molecule has 4 N–H and O–H groups in total. The van der Waals surface area contributed by atoms with Gasteiger partial charge in [0.1, 0.15) is 5.82 Å². The van der Waals surface area contributed by atoms with E-state index in [-0.39, 0.29) is 0 Å². The SMILES string of the molecule is CC1CCC(O)(CNc2nc(N)cn3ccnc23)CC1. The van der Waals surface area contributed by atoms with Gasteiger partial charge in [-0.25, -0.2) is 9.97 Å². The minimum absolute atomic E-state index is 0.433. The summed E-state index contributed by atoms with van der Waals surface area (Å²) in [4.78, 5) is 8.54. The summed E-state index contributed by atoms with van der Waals surface area (Å²) in [6.45, 7) is 2.72. The number of nitrogens with two attached hydrogens (primary N) is 1. The molecule has 0 saturated heterocycles. The normalized spacial score (nSPS) is 26.8. The first-order valence-corrected chi connectivity index (χ1v) is 7.11. The van der Waals surface area contributed by atoms with E-state index < -0.39 is 5.60 Å². The Bertz CT molecular complexity index is 601. The fourth-order valence-corrected chi connectivity index (χ4v) is 2.79. The highest BCUT2D eigenvalue weighted by molar-refractivity contribution is 5.64. The van der Waals surface area contributed by atoms with Gasteiger partial charge >= 0.3 is 0 Å². The number of nitrogens with zero attached hydrogens (tertiary/aromatic N) is 3. The van der Waals surface area contributed by atoms with Gasteiger partial charge in [-0.3, -0.25) is 0 Å². The van der Waals surface area contributed by atoms with Gasteiger partial charge in [-0.05, 0) is 31.6 Å². The Morgan fingerprint density at radius 1 is 1.50 bits per heavy atom. The Morgan fingerprint density at radius 3 is 3.00 bits per heavy atom. The summed E-state index contributed by atoms with van der Waals surface area (Å²) in [5.74, 6) is 1.77. The molecule has 0 radical (unpaired) electrons. The lowest BCUT2D eigenvalue weighted by Crippen LogP contribution is -2.40. The molecule has 6 nitrogen and oxygen atoms in total. The first-order valence-electron chi connectivity index (χ1n) is 7.11. The fraction of sp³-hybridized carbons (Fsp3) is 0.571. The van der Waals surface area contributed by atoms with Crippen molar-refractivity contribution in [2.45, 2.75) is 38.2 Å². The summed E-state index contributed by atoms with van der Waals surface area (Å²) >= 11 is 0. The molecule has 0 atom stereocenters. The minimum atomic E-state index is -0.650. The van der Waals surface area contributed by atoms with E-state index in [0.29, 0.717) is 24.1 Å². The van der Waals surface area contributed by atoms with Crippen LogP contribution < -0.4 is 11.1 Å². The molecule has 1 fully saturated rings. The predicted octanol–water partition coefficient (Wildman–Crippen LogP) is 1.66. The summed E-state index contributed by atoms with van der Waals surface area (Å²) < 4.78 is 1.83. The molecule has 2 heterocycles. The zero-order valence-electron chi connectivity index (χ0n) is 11.7. The third kappa shape index (κ3) is 2.56. The highest BCUT2D eigenvalue weighted by atomic mass is 16.3. The van der Waals surface area contributed by atoms with Gasteiger partial charge in [-0.1, -0.05) is 6.92 Å². The van der Waals surface area contributed by atoms with E-state index in [1.54, 1.807) is 12.4 Å². The fourth-order valence-electron chi connectivity index (χ4n) is 2.79. The van der Waals surface area contributed by atoms with E-state index in [9.17, 15) is 5.11 Å². The summed E-state index contributed by atoms with van der Waals surface area (Å²) in [5, 5.41) is 13.8. The number of fused-ring (bicyclic) bond motifs is 1. The number of aliphatic hydroxyl groups is 1. The van der Waals surface area contributed by atoms with Gasteiger partial charge < -0.3 is 20.6 Å². The summed E-state index contributed by atoms with van der Waals surface area (Å²) in [6.07, 6.45) is 9.06. The lowest BCUT2D eigenvalue weighted by Gasteiger charge is -2.35. The van der Waals surface area contributed by atoms with Gasteiger partial charge in [-0.2, -0.15) is 0 Å². The van der Waals surface area contributed by atoms with Gasteiger partial charge in [0, 0.05) is 18.9 Å². The van der Waals surface area contributed by atoms with Crippen molar-refractivity contribution in [3.63, 3.8) is 0 Å². The highest BCUT2D eigenvalue weighted by Gasteiger charge is 2.31. The van der Waals surface area contributed by atoms with Gasteiger partial charge in [0.2, 0.25) is 0 Å². The zero-order chi connectivity index (χ0) is 14.2. The Balaban J connectivity index is 1.75. The maximum absolute atomic E-state index is 10.6. The first-order chi connectivity index (χ1) is 9.56. The van der Waals surface area contributed by atoms with Crippen molar-refractivity contribution in [3.8, 4) is 0 Å². The van der Waals surface area contributed by atoms with E-state index in [0.717, 1.165) is 31.3 Å². The molecule has 3 rings (SSSR count). The number of hydrogen-bond donors (Lipinski definition) is 3. The zero-order valence-corrected chi connectivity index (χ0v) is 11.7. The summed E-state index contributed by atoms with van der Waals surface area (Å²) in [7, 11) is 0. The molecule has 0 bridgehead atoms. The van der Waals surface area contributed by atoms with Crippen LogP contribution in [0.1, 0.15) is 32.6 Å². The van der Waals surface area contributed by atoms with Gasteiger partial charge in [0.25, 0.3) is 0 Å². The molecule has 20 heavy (non-hydrogen) atoms. The van der Waals surface area contributed by atoms with Crippen LogP contribution in [0.4, 0.5) is 11.6 Å². The molecule has 0 aromatic carbocycles. The molecule has 2 aromatic heterocycles. The van der Waals surface area contributed by atoms with Crippen LogP contribution in [0.15, 0.2) is 18.6 Å². The van der Waals surface area contributed by atoms with Crippen LogP contribution in [0.2, 0.25) is 0 Å². The summed E-state index contributed by atoms with van der Waals surface area (Å²) in [6, 6.07) is 0. The minimum Gasteiger partial charge on any atom is -0.388 e. The van der Waals surface area contributed by atoms with E-state index >= 15 is 0 Å². The van der Waals surface area contributed by atoms with Crippen LogP contribution in [0, 0.1) is 5.92 Å². The van der Waals surface area contributed by atoms with Crippen molar-refractivity contribution in [1.29, 1.82) is 0 Å². The molecule has 1 aliphatic rings. The quantitative estimate of drug-likeness (QED) is 0.793. The Hall–Kier alpha value is -1.82. The Morgan fingerprint density at radius 2 is 2.25 bits per heavy atom.